The Morgan fingerprint density at radius 3 is 2.25 bits per heavy atom. The molecule has 1 N–H and O–H groups in total. The maximum absolute atomic E-state index is 12.1. The standard InChI is InChI=1S/C10H5Cl4N3O2S/c11-6-2-1-5(3-7(6)12)20(18,19)17-9-4-8(13)15-10(14)16-9/h1-4H,(H,15,16,17). The average Bonchev–Trinajstić information content (AvgIpc) is 2.30. The summed E-state index contributed by atoms with van der Waals surface area (Å²) in [5.74, 6) is -0.0546. The fourth-order valence-electron chi connectivity index (χ4n) is 1.28. The van der Waals surface area contributed by atoms with Gasteiger partial charge in [-0.2, -0.15) is 4.98 Å². The van der Waals surface area contributed by atoms with Gasteiger partial charge in [-0.1, -0.05) is 34.8 Å². The van der Waals surface area contributed by atoms with Crippen LogP contribution in [0.3, 0.4) is 0 Å². The second-order valence-electron chi connectivity index (χ2n) is 3.53. The number of nitrogens with zero attached hydrogens (tertiary/aromatic N) is 2. The molecule has 106 valence electrons. The Bertz CT molecular complexity index is 747. The van der Waals surface area contributed by atoms with Gasteiger partial charge in [0.05, 0.1) is 14.9 Å². The summed E-state index contributed by atoms with van der Waals surface area (Å²) in [7, 11) is -3.89. The van der Waals surface area contributed by atoms with Crippen molar-refractivity contribution < 1.29 is 8.42 Å². The van der Waals surface area contributed by atoms with Gasteiger partial charge >= 0.3 is 0 Å². The molecule has 0 unspecified atom stereocenters. The number of nitrogens with one attached hydrogen (secondary N) is 1. The third-order valence-electron chi connectivity index (χ3n) is 2.11. The van der Waals surface area contributed by atoms with Crippen molar-refractivity contribution in [1.29, 1.82) is 0 Å². The minimum atomic E-state index is -3.89. The van der Waals surface area contributed by atoms with Crippen LogP contribution in [0.5, 0.6) is 0 Å². The molecule has 0 saturated carbocycles. The van der Waals surface area contributed by atoms with Gasteiger partial charge < -0.3 is 0 Å². The van der Waals surface area contributed by atoms with Gasteiger partial charge in [0.2, 0.25) is 5.28 Å². The molecule has 0 amide bonds. The zero-order valence-corrected chi connectivity index (χ0v) is 13.3. The van der Waals surface area contributed by atoms with Crippen LogP contribution < -0.4 is 4.72 Å². The van der Waals surface area contributed by atoms with Crippen molar-refractivity contribution in [2.24, 2.45) is 0 Å². The highest BCUT2D eigenvalue weighted by atomic mass is 35.5. The summed E-state index contributed by atoms with van der Waals surface area (Å²) < 4.78 is 26.5. The van der Waals surface area contributed by atoms with Crippen LogP contribution in [0, 0.1) is 0 Å². The molecule has 2 rings (SSSR count). The predicted octanol–water partition coefficient (Wildman–Crippen LogP) is 3.89. The lowest BCUT2D eigenvalue weighted by molar-refractivity contribution is 0.601. The zero-order chi connectivity index (χ0) is 14.9. The molecular formula is C10H5Cl4N3O2S. The number of halogens is 4. The molecule has 20 heavy (non-hydrogen) atoms. The number of sulfonamides is 1. The van der Waals surface area contributed by atoms with Gasteiger partial charge in [0.1, 0.15) is 11.0 Å². The topological polar surface area (TPSA) is 72.0 Å². The van der Waals surface area contributed by atoms with Crippen LogP contribution in [0.4, 0.5) is 5.82 Å². The van der Waals surface area contributed by atoms with Crippen molar-refractivity contribution in [2.45, 2.75) is 4.90 Å². The van der Waals surface area contributed by atoms with E-state index < -0.39 is 10.0 Å². The van der Waals surface area contributed by atoms with E-state index in [9.17, 15) is 8.42 Å². The summed E-state index contributed by atoms with van der Waals surface area (Å²) in [6, 6.07) is 5.12. The van der Waals surface area contributed by atoms with Crippen molar-refractivity contribution in [3.8, 4) is 0 Å². The normalized spacial score (nSPS) is 11.4. The Morgan fingerprint density at radius 2 is 1.65 bits per heavy atom. The number of benzene rings is 1. The third kappa shape index (κ3) is 3.65. The molecule has 1 heterocycles. The summed E-state index contributed by atoms with van der Waals surface area (Å²) in [5, 5.41) is 0.202. The van der Waals surface area contributed by atoms with Crippen molar-refractivity contribution >= 4 is 62.2 Å². The van der Waals surface area contributed by atoms with Crippen molar-refractivity contribution in [1.82, 2.24) is 9.97 Å². The molecule has 0 saturated heterocycles. The Kier molecular flexibility index (Phi) is 4.61. The van der Waals surface area contributed by atoms with Crippen molar-refractivity contribution in [3.63, 3.8) is 0 Å². The fraction of sp³-hybridized carbons (Fsp3) is 0. The minimum absolute atomic E-state index is 0.0110. The van der Waals surface area contributed by atoms with Gasteiger partial charge in [-0.3, -0.25) is 4.72 Å². The first-order valence-corrected chi connectivity index (χ1v) is 7.95. The number of hydrogen-bond donors (Lipinski definition) is 1. The van der Waals surface area contributed by atoms with Crippen LogP contribution in [0.2, 0.25) is 20.5 Å². The summed E-state index contributed by atoms with van der Waals surface area (Å²) in [6.07, 6.45) is 0. The van der Waals surface area contributed by atoms with Gasteiger partial charge in [0.15, 0.2) is 0 Å². The van der Waals surface area contributed by atoms with Crippen LogP contribution in [-0.4, -0.2) is 18.4 Å². The van der Waals surface area contributed by atoms with Gasteiger partial charge in [-0.15, -0.1) is 0 Å². The van der Waals surface area contributed by atoms with Crippen LogP contribution in [0.15, 0.2) is 29.2 Å². The van der Waals surface area contributed by atoms with E-state index in [4.69, 9.17) is 46.4 Å². The molecular weight excluding hydrogens is 368 g/mol. The van der Waals surface area contributed by atoms with Crippen LogP contribution >= 0.6 is 46.4 Å². The number of rotatable bonds is 3. The predicted molar refractivity (Wildman–Crippen MR) is 79.3 cm³/mol. The molecule has 0 radical (unpaired) electrons. The van der Waals surface area contributed by atoms with E-state index in [0.29, 0.717) is 0 Å². The number of hydrogen-bond acceptors (Lipinski definition) is 4. The zero-order valence-electron chi connectivity index (χ0n) is 9.44. The summed E-state index contributed by atoms with van der Waals surface area (Å²) >= 11 is 22.8. The highest BCUT2D eigenvalue weighted by Crippen LogP contribution is 2.26. The largest absolute Gasteiger partial charge is 0.263 e. The first-order chi connectivity index (χ1) is 9.28. The van der Waals surface area contributed by atoms with E-state index in [0.717, 1.165) is 0 Å². The molecule has 5 nitrogen and oxygen atoms in total. The molecule has 0 aliphatic heterocycles. The number of anilines is 1. The SMILES string of the molecule is O=S(=O)(Nc1cc(Cl)nc(Cl)n1)c1ccc(Cl)c(Cl)c1. The molecule has 1 aromatic heterocycles. The molecule has 0 spiro atoms. The molecule has 0 atom stereocenters. The number of aromatic nitrogens is 2. The molecule has 2 aromatic rings. The maximum atomic E-state index is 12.1. The lowest BCUT2D eigenvalue weighted by Crippen LogP contribution is -2.14. The van der Waals surface area contributed by atoms with E-state index in [2.05, 4.69) is 14.7 Å². The molecule has 1 aromatic carbocycles. The monoisotopic (exact) mass is 371 g/mol. The molecule has 0 aliphatic rings. The van der Waals surface area contributed by atoms with E-state index in [1.165, 1.54) is 24.3 Å². The summed E-state index contributed by atoms with van der Waals surface area (Å²) in [6.45, 7) is 0. The third-order valence-corrected chi connectivity index (χ3v) is 4.56. The Labute approximate surface area is 134 Å². The smallest absolute Gasteiger partial charge is 0.263 e. The van der Waals surface area contributed by atoms with Crippen LogP contribution in [0.1, 0.15) is 0 Å². The van der Waals surface area contributed by atoms with Gasteiger partial charge in [-0.05, 0) is 29.8 Å². The fourth-order valence-corrected chi connectivity index (χ4v) is 3.07. The molecule has 10 heteroatoms. The molecule has 0 fully saturated rings. The van der Waals surface area contributed by atoms with E-state index in [-0.39, 0.29) is 31.2 Å². The molecule has 0 bridgehead atoms. The van der Waals surface area contributed by atoms with Gasteiger partial charge in [0.25, 0.3) is 10.0 Å². The van der Waals surface area contributed by atoms with Crippen molar-refractivity contribution in [3.05, 3.63) is 44.7 Å². The first kappa shape index (κ1) is 15.6. The van der Waals surface area contributed by atoms with Crippen molar-refractivity contribution in [2.75, 3.05) is 4.72 Å². The van der Waals surface area contributed by atoms with E-state index in [1.54, 1.807) is 0 Å². The lowest BCUT2D eigenvalue weighted by atomic mass is 10.4. The second-order valence-corrected chi connectivity index (χ2v) is 6.75. The quantitative estimate of drug-likeness (QED) is 0.655. The maximum Gasteiger partial charge on any atom is 0.263 e. The van der Waals surface area contributed by atoms with E-state index >= 15 is 0 Å². The Morgan fingerprint density at radius 1 is 0.950 bits per heavy atom. The lowest BCUT2D eigenvalue weighted by Gasteiger charge is -2.08. The Balaban J connectivity index is 2.37. The highest BCUT2D eigenvalue weighted by Gasteiger charge is 2.17. The minimum Gasteiger partial charge on any atom is -0.263 e. The first-order valence-electron chi connectivity index (χ1n) is 4.96. The highest BCUT2D eigenvalue weighted by molar-refractivity contribution is 7.92. The average molecular weight is 373 g/mol. The van der Waals surface area contributed by atoms with Crippen LogP contribution in [-0.2, 0) is 10.0 Å². The Hall–Kier alpha value is -0.790. The summed E-state index contributed by atoms with van der Waals surface area (Å²) in [4.78, 5) is 7.24. The van der Waals surface area contributed by atoms with E-state index in [1.807, 2.05) is 0 Å². The van der Waals surface area contributed by atoms with Gasteiger partial charge in [-0.25, -0.2) is 13.4 Å². The summed E-state index contributed by atoms with van der Waals surface area (Å²) in [5.41, 5.74) is 0. The van der Waals surface area contributed by atoms with Gasteiger partial charge in [0, 0.05) is 6.07 Å². The van der Waals surface area contributed by atoms with Crippen LogP contribution in [0.25, 0.3) is 0 Å². The molecule has 0 aliphatic carbocycles. The second kappa shape index (κ2) is 5.91.